The first kappa shape index (κ1) is 10.6. The Bertz CT molecular complexity index is 932. The molecule has 1 N–H and O–H groups in total. The van der Waals surface area contributed by atoms with Gasteiger partial charge in [0.25, 0.3) is 0 Å². The maximum absolute atomic E-state index is 4.73. The maximum atomic E-state index is 4.73. The van der Waals surface area contributed by atoms with Gasteiger partial charge in [0.2, 0.25) is 0 Å². The summed E-state index contributed by atoms with van der Waals surface area (Å²) >= 11 is 0. The first-order valence-electron chi connectivity index (χ1n) is 6.51. The summed E-state index contributed by atoms with van der Waals surface area (Å²) in [5, 5.41) is 3.75. The average Bonchev–Trinajstić information content (AvgIpc) is 2.77. The minimum atomic E-state index is 1.07. The molecule has 0 saturated heterocycles. The van der Waals surface area contributed by atoms with Gasteiger partial charge in [-0.05, 0) is 37.6 Å². The molecule has 0 unspecified atom stereocenters. The van der Waals surface area contributed by atoms with E-state index in [9.17, 15) is 0 Å². The van der Waals surface area contributed by atoms with Crippen LogP contribution in [0.3, 0.4) is 0 Å². The monoisotopic (exact) mass is 246 g/mol. The van der Waals surface area contributed by atoms with Gasteiger partial charge in [-0.2, -0.15) is 0 Å². The van der Waals surface area contributed by atoms with Gasteiger partial charge >= 0.3 is 0 Å². The first-order chi connectivity index (χ1) is 9.24. The second-order valence-electron chi connectivity index (χ2n) is 5.15. The van der Waals surface area contributed by atoms with Gasteiger partial charge < -0.3 is 4.98 Å². The van der Waals surface area contributed by atoms with Crippen LogP contribution in [0.25, 0.3) is 32.7 Å². The van der Waals surface area contributed by atoms with Crippen molar-refractivity contribution in [2.45, 2.75) is 13.8 Å². The number of aryl methyl sites for hydroxylation is 2. The Balaban J connectivity index is 2.35. The fourth-order valence-corrected chi connectivity index (χ4v) is 2.89. The van der Waals surface area contributed by atoms with Gasteiger partial charge in [-0.3, -0.25) is 0 Å². The first-order valence-corrected chi connectivity index (χ1v) is 6.51. The maximum Gasteiger partial charge on any atom is 0.0726 e. The largest absolute Gasteiger partial charge is 0.358 e. The normalized spacial score (nSPS) is 11.7. The predicted molar refractivity (Wildman–Crippen MR) is 80.6 cm³/mol. The van der Waals surface area contributed by atoms with E-state index in [0.717, 1.165) is 11.0 Å². The number of fused-ring (bicyclic) bond motifs is 5. The molecule has 0 atom stereocenters. The van der Waals surface area contributed by atoms with Crippen LogP contribution in [0.1, 0.15) is 11.3 Å². The second-order valence-corrected chi connectivity index (χ2v) is 5.15. The molecule has 0 amide bonds. The number of hydrogen-bond donors (Lipinski definition) is 1. The third kappa shape index (κ3) is 1.40. The average molecular weight is 246 g/mol. The molecule has 0 bridgehead atoms. The molecule has 92 valence electrons. The van der Waals surface area contributed by atoms with Crippen LogP contribution in [0.15, 0.2) is 42.5 Å². The fourth-order valence-electron chi connectivity index (χ4n) is 2.89. The highest BCUT2D eigenvalue weighted by Crippen LogP contribution is 2.33. The topological polar surface area (TPSA) is 28.7 Å². The van der Waals surface area contributed by atoms with E-state index >= 15 is 0 Å². The van der Waals surface area contributed by atoms with Gasteiger partial charge in [0.1, 0.15) is 0 Å². The molecule has 2 aromatic heterocycles. The Labute approximate surface area is 111 Å². The molecule has 2 nitrogen and oxygen atoms in total. The van der Waals surface area contributed by atoms with Crippen LogP contribution < -0.4 is 0 Å². The lowest BCUT2D eigenvalue weighted by molar-refractivity contribution is 1.24. The van der Waals surface area contributed by atoms with Crippen molar-refractivity contribution in [3.8, 4) is 0 Å². The van der Waals surface area contributed by atoms with Crippen LogP contribution in [0, 0.1) is 13.8 Å². The molecule has 0 aliphatic heterocycles. The van der Waals surface area contributed by atoms with E-state index in [1.807, 2.05) is 6.07 Å². The van der Waals surface area contributed by atoms with Crippen molar-refractivity contribution in [2.75, 3.05) is 0 Å². The van der Waals surface area contributed by atoms with E-state index in [2.05, 4.69) is 55.2 Å². The third-order valence-corrected chi connectivity index (χ3v) is 3.78. The number of rotatable bonds is 0. The zero-order valence-corrected chi connectivity index (χ0v) is 11.0. The minimum absolute atomic E-state index is 1.07. The number of aromatic amines is 1. The molecule has 4 aromatic rings. The summed E-state index contributed by atoms with van der Waals surface area (Å²) < 4.78 is 0. The lowest BCUT2D eigenvalue weighted by Gasteiger charge is -2.06. The third-order valence-electron chi connectivity index (χ3n) is 3.78. The smallest absolute Gasteiger partial charge is 0.0726 e. The summed E-state index contributed by atoms with van der Waals surface area (Å²) in [5.74, 6) is 0. The van der Waals surface area contributed by atoms with E-state index in [-0.39, 0.29) is 0 Å². The van der Waals surface area contributed by atoms with Crippen molar-refractivity contribution in [1.82, 2.24) is 9.97 Å². The van der Waals surface area contributed by atoms with Gasteiger partial charge in [0.15, 0.2) is 0 Å². The molecule has 0 spiro atoms. The molecule has 0 aliphatic rings. The quantitative estimate of drug-likeness (QED) is 0.486. The Hall–Kier alpha value is -2.35. The van der Waals surface area contributed by atoms with Crippen LogP contribution in [0.2, 0.25) is 0 Å². The van der Waals surface area contributed by atoms with E-state index in [0.29, 0.717) is 0 Å². The van der Waals surface area contributed by atoms with Crippen molar-refractivity contribution in [1.29, 1.82) is 0 Å². The molecular formula is C17H14N2. The van der Waals surface area contributed by atoms with Crippen LogP contribution >= 0.6 is 0 Å². The van der Waals surface area contributed by atoms with E-state index in [4.69, 9.17) is 4.98 Å². The Morgan fingerprint density at radius 1 is 0.895 bits per heavy atom. The lowest BCUT2D eigenvalue weighted by atomic mass is 10.0. The number of aromatic nitrogens is 2. The van der Waals surface area contributed by atoms with Crippen molar-refractivity contribution in [2.24, 2.45) is 0 Å². The molecule has 2 aromatic carbocycles. The van der Waals surface area contributed by atoms with Crippen molar-refractivity contribution < 1.29 is 0 Å². The number of benzene rings is 2. The number of para-hydroxylation sites is 1. The van der Waals surface area contributed by atoms with Crippen molar-refractivity contribution in [3.05, 3.63) is 53.7 Å². The molecule has 4 rings (SSSR count). The highest BCUT2D eigenvalue weighted by Gasteiger charge is 2.10. The number of nitrogens with zero attached hydrogens (tertiary/aromatic N) is 1. The zero-order valence-electron chi connectivity index (χ0n) is 11.0. The van der Waals surface area contributed by atoms with Crippen LogP contribution in [0.4, 0.5) is 0 Å². The Morgan fingerprint density at radius 3 is 2.63 bits per heavy atom. The van der Waals surface area contributed by atoms with Gasteiger partial charge in [0.05, 0.1) is 11.0 Å². The Kier molecular flexibility index (Phi) is 1.99. The molecule has 0 fully saturated rings. The molecule has 2 heteroatoms. The lowest BCUT2D eigenvalue weighted by Crippen LogP contribution is -1.87. The van der Waals surface area contributed by atoms with Gasteiger partial charge in [-0.15, -0.1) is 0 Å². The summed E-state index contributed by atoms with van der Waals surface area (Å²) in [6.45, 7) is 4.22. The highest BCUT2D eigenvalue weighted by molar-refractivity contribution is 6.20. The van der Waals surface area contributed by atoms with Crippen LogP contribution in [0.5, 0.6) is 0 Å². The highest BCUT2D eigenvalue weighted by atomic mass is 14.7. The standard InChI is InChI=1S/C17H14N2/c1-10-9-15-16(12-5-3-4-6-14(12)19-15)13-8-7-11(2)18-17(10)13/h3-9,18H,1-2H3. The minimum Gasteiger partial charge on any atom is -0.358 e. The number of H-pyrrole nitrogens is 1. The number of hydrogen-bond acceptors (Lipinski definition) is 1. The summed E-state index contributed by atoms with van der Waals surface area (Å²) in [7, 11) is 0. The van der Waals surface area contributed by atoms with Crippen LogP contribution in [-0.2, 0) is 0 Å². The fraction of sp³-hybridized carbons (Fsp3) is 0.118. The van der Waals surface area contributed by atoms with Gasteiger partial charge in [-0.1, -0.05) is 24.3 Å². The molecule has 2 heterocycles. The molecule has 19 heavy (non-hydrogen) atoms. The molecule has 0 aliphatic carbocycles. The number of nitrogens with one attached hydrogen (secondary N) is 1. The van der Waals surface area contributed by atoms with Gasteiger partial charge in [0, 0.05) is 27.4 Å². The van der Waals surface area contributed by atoms with E-state index in [1.54, 1.807) is 0 Å². The summed E-state index contributed by atoms with van der Waals surface area (Å²) in [5.41, 5.74) is 5.80. The van der Waals surface area contributed by atoms with E-state index < -0.39 is 0 Å². The van der Waals surface area contributed by atoms with E-state index in [1.165, 1.54) is 32.9 Å². The Morgan fingerprint density at radius 2 is 1.74 bits per heavy atom. The summed E-state index contributed by atoms with van der Waals surface area (Å²) in [6.07, 6.45) is 0. The second kappa shape index (κ2) is 3.58. The van der Waals surface area contributed by atoms with Crippen molar-refractivity contribution in [3.63, 3.8) is 0 Å². The molecular weight excluding hydrogens is 232 g/mol. The van der Waals surface area contributed by atoms with Crippen molar-refractivity contribution >= 4 is 32.7 Å². The molecule has 0 saturated carbocycles. The van der Waals surface area contributed by atoms with Crippen LogP contribution in [-0.4, -0.2) is 9.97 Å². The number of pyridine rings is 1. The zero-order chi connectivity index (χ0) is 13.0. The predicted octanol–water partition coefficient (Wildman–Crippen LogP) is 4.49. The summed E-state index contributed by atoms with van der Waals surface area (Å²) in [4.78, 5) is 8.21. The SMILES string of the molecule is Cc1ccc2c([nH]1)c(C)cc1nc3ccccc3c12. The van der Waals surface area contributed by atoms with Gasteiger partial charge in [-0.25, -0.2) is 4.98 Å². The molecule has 0 radical (unpaired) electrons. The summed E-state index contributed by atoms with van der Waals surface area (Å²) in [6, 6.07) is 14.8.